The Morgan fingerprint density at radius 2 is 1.81 bits per heavy atom. The third-order valence-corrected chi connectivity index (χ3v) is 4.63. The zero-order chi connectivity index (χ0) is 15.0. The molecule has 1 aliphatic heterocycles. The Kier molecular flexibility index (Phi) is 3.29. The van der Waals surface area contributed by atoms with E-state index in [1.54, 1.807) is 6.07 Å². The highest BCUT2D eigenvalue weighted by Gasteiger charge is 2.21. The first-order chi connectivity index (χ1) is 9.97. The Labute approximate surface area is 123 Å². The molecule has 108 valence electrons. The molecule has 0 fully saturated rings. The van der Waals surface area contributed by atoms with Gasteiger partial charge in [-0.3, -0.25) is 4.79 Å². The molecule has 21 heavy (non-hydrogen) atoms. The average molecular weight is 302 g/mol. The molecule has 0 radical (unpaired) electrons. The van der Waals surface area contributed by atoms with Crippen LogP contribution >= 0.6 is 0 Å². The predicted molar refractivity (Wildman–Crippen MR) is 78.6 cm³/mol. The first-order valence-electron chi connectivity index (χ1n) is 6.56. The van der Waals surface area contributed by atoms with Crippen molar-refractivity contribution in [1.29, 1.82) is 0 Å². The van der Waals surface area contributed by atoms with E-state index in [4.69, 9.17) is 4.74 Å². The molecule has 0 bridgehead atoms. The largest absolute Gasteiger partial charge is 0.492 e. The smallest absolute Gasteiger partial charge is 0.196 e. The van der Waals surface area contributed by atoms with E-state index in [0.717, 1.165) is 18.2 Å². The SMILES string of the molecule is CS(=O)(=O)c1ccc(C(=O)c2cccc3c2OCC3)cc1. The van der Waals surface area contributed by atoms with Crippen LogP contribution in [0.2, 0.25) is 0 Å². The van der Waals surface area contributed by atoms with Gasteiger partial charge in [0.2, 0.25) is 0 Å². The number of carbonyl (C=O) groups is 1. The van der Waals surface area contributed by atoms with Crippen LogP contribution in [0.15, 0.2) is 47.4 Å². The number of rotatable bonds is 3. The molecule has 0 saturated heterocycles. The lowest BCUT2D eigenvalue weighted by Gasteiger charge is -2.07. The molecule has 0 amide bonds. The minimum atomic E-state index is -3.26. The minimum absolute atomic E-state index is 0.159. The number of fused-ring (bicyclic) bond motifs is 1. The number of para-hydroxylation sites is 1. The van der Waals surface area contributed by atoms with Crippen molar-refractivity contribution >= 4 is 15.6 Å². The van der Waals surface area contributed by atoms with Crippen LogP contribution in [-0.2, 0) is 16.3 Å². The standard InChI is InChI=1S/C16H14O4S/c1-21(18,19)13-7-5-11(6-8-13)15(17)14-4-2-3-12-9-10-20-16(12)14/h2-8H,9-10H2,1H3. The van der Waals surface area contributed by atoms with Crippen molar-refractivity contribution in [3.8, 4) is 5.75 Å². The van der Waals surface area contributed by atoms with Gasteiger partial charge in [-0.2, -0.15) is 0 Å². The maximum atomic E-state index is 12.5. The Morgan fingerprint density at radius 1 is 1.10 bits per heavy atom. The summed E-state index contributed by atoms with van der Waals surface area (Å²) in [6, 6.07) is 11.5. The number of ether oxygens (including phenoxy) is 1. The van der Waals surface area contributed by atoms with Gasteiger partial charge in [0, 0.05) is 18.2 Å². The maximum absolute atomic E-state index is 12.5. The van der Waals surface area contributed by atoms with Crippen LogP contribution in [0.4, 0.5) is 0 Å². The summed E-state index contributed by atoms with van der Waals surface area (Å²) in [6.07, 6.45) is 1.95. The van der Waals surface area contributed by atoms with Gasteiger partial charge in [-0.05, 0) is 35.9 Å². The van der Waals surface area contributed by atoms with Gasteiger partial charge in [-0.15, -0.1) is 0 Å². The molecule has 0 aliphatic carbocycles. The van der Waals surface area contributed by atoms with Crippen molar-refractivity contribution in [2.24, 2.45) is 0 Å². The number of hydrogen-bond donors (Lipinski definition) is 0. The minimum Gasteiger partial charge on any atom is -0.492 e. The van der Waals surface area contributed by atoms with Crippen molar-refractivity contribution < 1.29 is 17.9 Å². The maximum Gasteiger partial charge on any atom is 0.196 e. The lowest BCUT2D eigenvalue weighted by Crippen LogP contribution is -2.04. The van der Waals surface area contributed by atoms with Gasteiger partial charge >= 0.3 is 0 Å². The fourth-order valence-corrected chi connectivity index (χ4v) is 3.03. The van der Waals surface area contributed by atoms with Crippen molar-refractivity contribution in [3.63, 3.8) is 0 Å². The van der Waals surface area contributed by atoms with Gasteiger partial charge in [0.25, 0.3) is 0 Å². The van der Waals surface area contributed by atoms with Crippen LogP contribution in [0.3, 0.4) is 0 Å². The zero-order valence-corrected chi connectivity index (χ0v) is 12.3. The van der Waals surface area contributed by atoms with Crippen molar-refractivity contribution in [2.45, 2.75) is 11.3 Å². The predicted octanol–water partition coefficient (Wildman–Crippen LogP) is 2.26. The molecule has 0 unspecified atom stereocenters. The second kappa shape index (κ2) is 5.00. The monoisotopic (exact) mass is 302 g/mol. The van der Waals surface area contributed by atoms with Crippen LogP contribution in [0, 0.1) is 0 Å². The average Bonchev–Trinajstić information content (AvgIpc) is 2.94. The fourth-order valence-electron chi connectivity index (χ4n) is 2.40. The Hall–Kier alpha value is -2.14. The summed E-state index contributed by atoms with van der Waals surface area (Å²) in [5, 5.41) is 0. The van der Waals surface area contributed by atoms with Crippen LogP contribution in [0.25, 0.3) is 0 Å². The first-order valence-corrected chi connectivity index (χ1v) is 8.45. The normalized spacial score (nSPS) is 13.6. The number of carbonyl (C=O) groups excluding carboxylic acids is 1. The molecule has 2 aromatic carbocycles. The van der Waals surface area contributed by atoms with Crippen molar-refractivity contribution in [2.75, 3.05) is 12.9 Å². The van der Waals surface area contributed by atoms with E-state index in [1.165, 1.54) is 24.3 Å². The Balaban J connectivity index is 1.98. The summed E-state index contributed by atoms with van der Waals surface area (Å²) in [5.41, 5.74) is 2.01. The summed E-state index contributed by atoms with van der Waals surface area (Å²) < 4.78 is 28.4. The number of hydrogen-bond acceptors (Lipinski definition) is 4. The van der Waals surface area contributed by atoms with Crippen molar-refractivity contribution in [1.82, 2.24) is 0 Å². The van der Waals surface area contributed by atoms with Crippen LogP contribution in [-0.4, -0.2) is 27.1 Å². The highest BCUT2D eigenvalue weighted by atomic mass is 32.2. The van der Waals surface area contributed by atoms with E-state index in [9.17, 15) is 13.2 Å². The van der Waals surface area contributed by atoms with E-state index in [2.05, 4.69) is 0 Å². The van der Waals surface area contributed by atoms with Gasteiger partial charge in [-0.1, -0.05) is 12.1 Å². The third-order valence-electron chi connectivity index (χ3n) is 3.50. The molecule has 1 heterocycles. The summed E-state index contributed by atoms with van der Waals surface area (Å²) in [6.45, 7) is 0.590. The molecule has 0 spiro atoms. The zero-order valence-electron chi connectivity index (χ0n) is 11.5. The molecule has 2 aromatic rings. The summed E-state index contributed by atoms with van der Waals surface area (Å²) in [5.74, 6) is 0.489. The molecule has 5 heteroatoms. The quantitative estimate of drug-likeness (QED) is 0.816. The first kappa shape index (κ1) is 13.8. The van der Waals surface area contributed by atoms with E-state index < -0.39 is 9.84 Å². The van der Waals surface area contributed by atoms with E-state index in [-0.39, 0.29) is 10.7 Å². The lowest BCUT2D eigenvalue weighted by atomic mass is 10.00. The topological polar surface area (TPSA) is 60.4 Å². The van der Waals surface area contributed by atoms with Gasteiger partial charge in [0.1, 0.15) is 5.75 Å². The van der Waals surface area contributed by atoms with Gasteiger partial charge in [0.15, 0.2) is 15.6 Å². The molecule has 3 rings (SSSR count). The molecule has 1 aliphatic rings. The van der Waals surface area contributed by atoms with Crippen LogP contribution < -0.4 is 4.74 Å². The molecule has 0 atom stereocenters. The van der Waals surface area contributed by atoms with Gasteiger partial charge in [-0.25, -0.2) is 8.42 Å². The second-order valence-electron chi connectivity index (χ2n) is 5.02. The molecular formula is C16H14O4S. The summed E-state index contributed by atoms with van der Waals surface area (Å²) in [7, 11) is -3.26. The molecule has 0 saturated carbocycles. The highest BCUT2D eigenvalue weighted by molar-refractivity contribution is 7.90. The molecule has 0 N–H and O–H groups in total. The van der Waals surface area contributed by atoms with E-state index in [1.807, 2.05) is 12.1 Å². The number of sulfone groups is 1. The number of benzene rings is 2. The molecule has 4 nitrogen and oxygen atoms in total. The Morgan fingerprint density at radius 3 is 2.48 bits per heavy atom. The van der Waals surface area contributed by atoms with Gasteiger partial charge < -0.3 is 4.74 Å². The van der Waals surface area contributed by atoms with Crippen LogP contribution in [0.1, 0.15) is 21.5 Å². The molecular weight excluding hydrogens is 288 g/mol. The summed E-state index contributed by atoms with van der Waals surface area (Å²) >= 11 is 0. The van der Waals surface area contributed by atoms with E-state index >= 15 is 0 Å². The van der Waals surface area contributed by atoms with Gasteiger partial charge in [0.05, 0.1) is 17.1 Å². The lowest BCUT2D eigenvalue weighted by molar-refractivity contribution is 0.103. The fraction of sp³-hybridized carbons (Fsp3) is 0.188. The van der Waals surface area contributed by atoms with Crippen LogP contribution in [0.5, 0.6) is 5.75 Å². The number of ketones is 1. The second-order valence-corrected chi connectivity index (χ2v) is 7.03. The van der Waals surface area contributed by atoms with E-state index in [0.29, 0.717) is 23.5 Å². The highest BCUT2D eigenvalue weighted by Crippen LogP contribution is 2.31. The third kappa shape index (κ3) is 2.56. The Bertz CT molecular complexity index is 805. The van der Waals surface area contributed by atoms with Crippen molar-refractivity contribution in [3.05, 3.63) is 59.2 Å². The molecule has 0 aromatic heterocycles. The summed E-state index contributed by atoms with van der Waals surface area (Å²) in [4.78, 5) is 12.7.